The number of rotatable bonds is 6. The summed E-state index contributed by atoms with van der Waals surface area (Å²) in [5, 5.41) is 0. The molecule has 106 valence electrons. The minimum atomic E-state index is 0.118. The molecule has 0 aromatic heterocycles. The zero-order valence-corrected chi connectivity index (χ0v) is 12.5. The molecule has 0 atom stereocenters. The van der Waals surface area contributed by atoms with Gasteiger partial charge in [0, 0.05) is 18.2 Å². The van der Waals surface area contributed by atoms with Crippen LogP contribution in [0.1, 0.15) is 43.6 Å². The van der Waals surface area contributed by atoms with Gasteiger partial charge in [-0.3, -0.25) is 4.79 Å². The smallest absolute Gasteiger partial charge is 0.254 e. The minimum absolute atomic E-state index is 0.118. The third kappa shape index (κ3) is 4.35. The third-order valence-electron chi connectivity index (χ3n) is 3.11. The first-order valence-corrected chi connectivity index (χ1v) is 7.06. The van der Waals surface area contributed by atoms with E-state index in [1.54, 1.807) is 0 Å². The summed E-state index contributed by atoms with van der Waals surface area (Å²) in [6.07, 6.45) is 0.746. The van der Waals surface area contributed by atoms with Crippen LogP contribution in [0.2, 0.25) is 0 Å². The van der Waals surface area contributed by atoms with Gasteiger partial charge in [-0.05, 0) is 44.4 Å². The van der Waals surface area contributed by atoms with Crippen LogP contribution in [0, 0.1) is 5.92 Å². The predicted molar refractivity (Wildman–Crippen MR) is 80.2 cm³/mol. The fraction of sp³-hybridized carbons (Fsp3) is 0.562. The topological polar surface area (TPSA) is 46.3 Å². The molecule has 0 aliphatic heterocycles. The van der Waals surface area contributed by atoms with Crippen LogP contribution in [0.5, 0.6) is 0 Å². The predicted octanol–water partition coefficient (Wildman–Crippen LogP) is 2.69. The molecule has 3 nitrogen and oxygen atoms in total. The van der Waals surface area contributed by atoms with Crippen molar-refractivity contribution < 1.29 is 4.79 Å². The maximum absolute atomic E-state index is 12.7. The molecular weight excluding hydrogens is 236 g/mol. The Labute approximate surface area is 116 Å². The highest BCUT2D eigenvalue weighted by Gasteiger charge is 2.21. The van der Waals surface area contributed by atoms with E-state index in [-0.39, 0.29) is 11.9 Å². The molecule has 0 unspecified atom stereocenters. The van der Waals surface area contributed by atoms with E-state index < -0.39 is 0 Å². The number of hydrogen-bond acceptors (Lipinski definition) is 2. The lowest BCUT2D eigenvalue weighted by atomic mass is 10.0. The largest absolute Gasteiger partial charge is 0.336 e. The van der Waals surface area contributed by atoms with Crippen LogP contribution in [0.25, 0.3) is 0 Å². The molecule has 0 fully saturated rings. The first-order valence-electron chi connectivity index (χ1n) is 7.06. The van der Waals surface area contributed by atoms with Crippen molar-refractivity contribution in [3.63, 3.8) is 0 Å². The van der Waals surface area contributed by atoms with E-state index in [2.05, 4.69) is 27.7 Å². The Morgan fingerprint density at radius 2 is 1.84 bits per heavy atom. The van der Waals surface area contributed by atoms with Crippen molar-refractivity contribution in [2.24, 2.45) is 11.7 Å². The lowest BCUT2D eigenvalue weighted by molar-refractivity contribution is 0.0681. The molecular formula is C16H26N2O. The number of hydrogen-bond donors (Lipinski definition) is 1. The fourth-order valence-electron chi connectivity index (χ4n) is 2.18. The number of carbonyl (C=O) groups excluding carboxylic acids is 1. The standard InChI is InChI=1S/C16H26N2O/c1-12(2)11-18(13(3)4)16(19)15-8-6-5-7-14(15)9-10-17/h5-8,12-13H,9-11,17H2,1-4H3. The molecule has 19 heavy (non-hydrogen) atoms. The van der Waals surface area contributed by atoms with Crippen molar-refractivity contribution in [2.45, 2.75) is 40.2 Å². The molecule has 1 aromatic carbocycles. The van der Waals surface area contributed by atoms with Gasteiger partial charge < -0.3 is 10.6 Å². The first-order chi connectivity index (χ1) is 8.97. The van der Waals surface area contributed by atoms with Crippen molar-refractivity contribution in [1.29, 1.82) is 0 Å². The van der Waals surface area contributed by atoms with Crippen molar-refractivity contribution in [3.8, 4) is 0 Å². The Kier molecular flexibility index (Phi) is 6.03. The van der Waals surface area contributed by atoms with Crippen LogP contribution in [0.4, 0.5) is 0 Å². The number of amides is 1. The highest BCUT2D eigenvalue weighted by Crippen LogP contribution is 2.15. The summed E-state index contributed by atoms with van der Waals surface area (Å²) in [5.74, 6) is 0.584. The summed E-state index contributed by atoms with van der Waals surface area (Å²) in [5.41, 5.74) is 7.46. The molecule has 0 aliphatic rings. The van der Waals surface area contributed by atoms with Crippen LogP contribution in [-0.4, -0.2) is 29.9 Å². The zero-order valence-electron chi connectivity index (χ0n) is 12.5. The van der Waals surface area contributed by atoms with Crippen molar-refractivity contribution in [1.82, 2.24) is 4.90 Å². The third-order valence-corrected chi connectivity index (χ3v) is 3.11. The van der Waals surface area contributed by atoms with Crippen LogP contribution in [0.3, 0.4) is 0 Å². The van der Waals surface area contributed by atoms with Gasteiger partial charge in [0.25, 0.3) is 5.91 Å². The molecule has 0 heterocycles. The highest BCUT2D eigenvalue weighted by molar-refractivity contribution is 5.95. The van der Waals surface area contributed by atoms with E-state index in [1.165, 1.54) is 0 Å². The monoisotopic (exact) mass is 262 g/mol. The summed E-state index contributed by atoms with van der Waals surface area (Å²) in [6, 6.07) is 7.99. The number of nitrogens with zero attached hydrogens (tertiary/aromatic N) is 1. The summed E-state index contributed by atoms with van der Waals surface area (Å²) < 4.78 is 0. The molecule has 1 amide bonds. The second-order valence-corrected chi connectivity index (χ2v) is 5.64. The summed E-state index contributed by atoms with van der Waals surface area (Å²) in [6.45, 7) is 9.74. The van der Waals surface area contributed by atoms with Crippen molar-refractivity contribution in [3.05, 3.63) is 35.4 Å². The molecule has 0 radical (unpaired) electrons. The summed E-state index contributed by atoms with van der Waals surface area (Å²) >= 11 is 0. The maximum atomic E-state index is 12.7. The molecule has 1 rings (SSSR count). The number of carbonyl (C=O) groups is 1. The second-order valence-electron chi connectivity index (χ2n) is 5.64. The van der Waals surface area contributed by atoms with Crippen LogP contribution >= 0.6 is 0 Å². The Morgan fingerprint density at radius 3 is 2.37 bits per heavy atom. The van der Waals surface area contributed by atoms with Gasteiger partial charge in [-0.15, -0.1) is 0 Å². The second kappa shape index (κ2) is 7.29. The normalized spacial score (nSPS) is 11.1. The lowest BCUT2D eigenvalue weighted by Crippen LogP contribution is -2.40. The average molecular weight is 262 g/mol. The summed E-state index contributed by atoms with van der Waals surface area (Å²) in [4.78, 5) is 14.6. The quantitative estimate of drug-likeness (QED) is 0.856. The van der Waals surface area contributed by atoms with Gasteiger partial charge in [0.05, 0.1) is 0 Å². The van der Waals surface area contributed by atoms with Crippen molar-refractivity contribution >= 4 is 5.91 Å². The van der Waals surface area contributed by atoms with Gasteiger partial charge in [0.15, 0.2) is 0 Å². The van der Waals surface area contributed by atoms with Gasteiger partial charge in [-0.1, -0.05) is 32.0 Å². The van der Waals surface area contributed by atoms with Crippen LogP contribution < -0.4 is 5.73 Å². The molecule has 0 spiro atoms. The van der Waals surface area contributed by atoms with Crippen LogP contribution in [-0.2, 0) is 6.42 Å². The highest BCUT2D eigenvalue weighted by atomic mass is 16.2. The summed E-state index contributed by atoms with van der Waals surface area (Å²) in [7, 11) is 0. The van der Waals surface area contributed by atoms with E-state index in [0.717, 1.165) is 24.1 Å². The number of nitrogens with two attached hydrogens (primary N) is 1. The van der Waals surface area contributed by atoms with Gasteiger partial charge in [0.1, 0.15) is 0 Å². The SMILES string of the molecule is CC(C)CN(C(=O)c1ccccc1CCN)C(C)C. The maximum Gasteiger partial charge on any atom is 0.254 e. The molecule has 0 aliphatic carbocycles. The first kappa shape index (κ1) is 15.7. The van der Waals surface area contributed by atoms with E-state index in [9.17, 15) is 4.79 Å². The Hall–Kier alpha value is -1.35. The van der Waals surface area contributed by atoms with Crippen LogP contribution in [0.15, 0.2) is 24.3 Å². The van der Waals surface area contributed by atoms with Crippen molar-refractivity contribution in [2.75, 3.05) is 13.1 Å². The number of benzene rings is 1. The Bertz CT molecular complexity index is 413. The average Bonchev–Trinajstić information content (AvgIpc) is 2.36. The lowest BCUT2D eigenvalue weighted by Gasteiger charge is -2.29. The van der Waals surface area contributed by atoms with E-state index in [4.69, 9.17) is 5.73 Å². The molecule has 0 saturated carbocycles. The van der Waals surface area contributed by atoms with Gasteiger partial charge >= 0.3 is 0 Å². The van der Waals surface area contributed by atoms with E-state index >= 15 is 0 Å². The van der Waals surface area contributed by atoms with Gasteiger partial charge in [-0.2, -0.15) is 0 Å². The van der Waals surface area contributed by atoms with Gasteiger partial charge in [0.2, 0.25) is 0 Å². The molecule has 0 bridgehead atoms. The van der Waals surface area contributed by atoms with E-state index in [1.807, 2.05) is 29.2 Å². The van der Waals surface area contributed by atoms with E-state index in [0.29, 0.717) is 12.5 Å². The molecule has 0 saturated heterocycles. The Balaban J connectivity index is 3.02. The molecule has 1 aromatic rings. The van der Waals surface area contributed by atoms with Gasteiger partial charge in [-0.25, -0.2) is 0 Å². The Morgan fingerprint density at radius 1 is 1.21 bits per heavy atom. The molecule has 2 N–H and O–H groups in total. The molecule has 3 heteroatoms. The minimum Gasteiger partial charge on any atom is -0.336 e. The zero-order chi connectivity index (χ0) is 14.4. The fourth-order valence-corrected chi connectivity index (χ4v) is 2.18.